The summed E-state index contributed by atoms with van der Waals surface area (Å²) in [4.78, 5) is 14.7. The summed E-state index contributed by atoms with van der Waals surface area (Å²) in [6, 6.07) is 0.619. The van der Waals surface area contributed by atoms with Crippen molar-refractivity contribution in [2.75, 3.05) is 27.7 Å². The van der Waals surface area contributed by atoms with Gasteiger partial charge in [-0.25, -0.2) is 4.79 Å². The fourth-order valence-corrected chi connectivity index (χ4v) is 3.72. The highest BCUT2D eigenvalue weighted by atomic mass is 16.5. The predicted octanol–water partition coefficient (Wildman–Crippen LogP) is 2.18. The molecule has 2 aliphatic rings. The molecule has 0 aromatic rings. The van der Waals surface area contributed by atoms with Crippen molar-refractivity contribution in [3.05, 3.63) is 0 Å². The number of hydrogen-bond acceptors (Lipinski definition) is 4. The van der Waals surface area contributed by atoms with Gasteiger partial charge in [-0.2, -0.15) is 0 Å². The molecule has 1 N–H and O–H groups in total. The van der Waals surface area contributed by atoms with Gasteiger partial charge < -0.3 is 15.0 Å². The van der Waals surface area contributed by atoms with Crippen molar-refractivity contribution in [2.45, 2.75) is 62.9 Å². The molecule has 2 fully saturated rings. The third kappa shape index (κ3) is 3.34. The molecule has 0 amide bonds. The van der Waals surface area contributed by atoms with Crippen LogP contribution >= 0.6 is 0 Å². The Morgan fingerprint density at radius 1 is 1.20 bits per heavy atom. The molecule has 0 aromatic heterocycles. The van der Waals surface area contributed by atoms with E-state index in [4.69, 9.17) is 4.74 Å². The maximum absolute atomic E-state index is 12.3. The van der Waals surface area contributed by atoms with Crippen LogP contribution in [-0.2, 0) is 9.53 Å². The van der Waals surface area contributed by atoms with Crippen LogP contribution in [0.25, 0.3) is 0 Å². The minimum absolute atomic E-state index is 0.0945. The molecule has 0 aliphatic heterocycles. The second-order valence-corrected chi connectivity index (χ2v) is 6.55. The van der Waals surface area contributed by atoms with Gasteiger partial charge in [-0.15, -0.1) is 0 Å². The molecule has 116 valence electrons. The Labute approximate surface area is 123 Å². The Morgan fingerprint density at radius 2 is 1.80 bits per heavy atom. The van der Waals surface area contributed by atoms with E-state index in [-0.39, 0.29) is 5.97 Å². The van der Waals surface area contributed by atoms with Crippen molar-refractivity contribution in [1.82, 2.24) is 10.2 Å². The molecule has 1 unspecified atom stereocenters. The lowest BCUT2D eigenvalue weighted by Gasteiger charge is -2.38. The molecule has 0 heterocycles. The lowest BCUT2D eigenvalue weighted by molar-refractivity contribution is -0.150. The van der Waals surface area contributed by atoms with E-state index in [0.717, 1.165) is 19.4 Å². The zero-order valence-corrected chi connectivity index (χ0v) is 13.3. The topological polar surface area (TPSA) is 41.6 Å². The monoisotopic (exact) mass is 282 g/mol. The van der Waals surface area contributed by atoms with E-state index < -0.39 is 5.54 Å². The number of hydrogen-bond donors (Lipinski definition) is 1. The zero-order chi connectivity index (χ0) is 14.6. The minimum Gasteiger partial charge on any atom is -0.468 e. The average molecular weight is 282 g/mol. The van der Waals surface area contributed by atoms with Gasteiger partial charge in [0.1, 0.15) is 5.54 Å². The first-order valence-corrected chi connectivity index (χ1v) is 8.11. The fourth-order valence-electron chi connectivity index (χ4n) is 3.72. The van der Waals surface area contributed by atoms with Crippen LogP contribution in [0.5, 0.6) is 0 Å². The smallest absolute Gasteiger partial charge is 0.327 e. The summed E-state index contributed by atoms with van der Waals surface area (Å²) >= 11 is 0. The summed E-state index contributed by atoms with van der Waals surface area (Å²) in [5.74, 6) is 0.344. The van der Waals surface area contributed by atoms with Gasteiger partial charge in [0.2, 0.25) is 0 Å². The van der Waals surface area contributed by atoms with Crippen LogP contribution in [-0.4, -0.2) is 50.2 Å². The number of carbonyl (C=O) groups is 1. The molecule has 0 saturated heterocycles. The molecule has 0 bridgehead atoms. The van der Waals surface area contributed by atoms with Crippen molar-refractivity contribution < 1.29 is 9.53 Å². The van der Waals surface area contributed by atoms with Crippen LogP contribution in [0.2, 0.25) is 0 Å². The van der Waals surface area contributed by atoms with E-state index in [0.29, 0.717) is 12.0 Å². The highest BCUT2D eigenvalue weighted by Gasteiger charge is 2.51. The number of carbonyl (C=O) groups excluding carboxylic acids is 1. The standard InChI is InChI=1S/C16H30N2O2/c1-17-16(13-10-11-13,15(19)20-3)12-18(2)14-8-6-4-5-7-9-14/h13-14,17H,4-12H2,1-3H3. The van der Waals surface area contributed by atoms with Gasteiger partial charge in [0.05, 0.1) is 7.11 Å². The summed E-state index contributed by atoms with van der Waals surface area (Å²) in [5.41, 5.74) is -0.504. The van der Waals surface area contributed by atoms with Gasteiger partial charge in [0.25, 0.3) is 0 Å². The van der Waals surface area contributed by atoms with Gasteiger partial charge in [-0.1, -0.05) is 25.7 Å². The molecule has 0 aromatic carbocycles. The van der Waals surface area contributed by atoms with Gasteiger partial charge in [-0.05, 0) is 45.7 Å². The van der Waals surface area contributed by atoms with Gasteiger partial charge >= 0.3 is 5.97 Å². The minimum atomic E-state index is -0.504. The number of methoxy groups -OCH3 is 1. The molecular weight excluding hydrogens is 252 g/mol. The Morgan fingerprint density at radius 3 is 2.25 bits per heavy atom. The van der Waals surface area contributed by atoms with Crippen LogP contribution in [0, 0.1) is 5.92 Å². The number of rotatable bonds is 6. The van der Waals surface area contributed by atoms with Crippen LogP contribution < -0.4 is 5.32 Å². The summed E-state index contributed by atoms with van der Waals surface area (Å²) in [7, 11) is 5.58. The second-order valence-electron chi connectivity index (χ2n) is 6.55. The van der Waals surface area contributed by atoms with Crippen LogP contribution in [0.4, 0.5) is 0 Å². The van der Waals surface area contributed by atoms with Crippen LogP contribution in [0.3, 0.4) is 0 Å². The molecule has 20 heavy (non-hydrogen) atoms. The maximum Gasteiger partial charge on any atom is 0.327 e. The molecule has 4 nitrogen and oxygen atoms in total. The molecular formula is C16H30N2O2. The first kappa shape index (κ1) is 15.8. The normalized spacial score (nSPS) is 24.2. The summed E-state index contributed by atoms with van der Waals surface area (Å²) in [5, 5.41) is 3.30. The Kier molecular flexibility index (Phi) is 5.44. The third-order valence-corrected chi connectivity index (χ3v) is 5.22. The lowest BCUT2D eigenvalue weighted by atomic mass is 9.91. The van der Waals surface area contributed by atoms with Gasteiger partial charge in [0, 0.05) is 12.6 Å². The van der Waals surface area contributed by atoms with Gasteiger partial charge in [-0.3, -0.25) is 0 Å². The Hall–Kier alpha value is -0.610. The average Bonchev–Trinajstić information content (AvgIpc) is 3.29. The number of esters is 1. The van der Waals surface area contributed by atoms with E-state index in [1.807, 2.05) is 7.05 Å². The molecule has 0 spiro atoms. The Bertz CT molecular complexity index is 322. The molecule has 2 aliphatic carbocycles. The highest BCUT2D eigenvalue weighted by Crippen LogP contribution is 2.41. The molecule has 1 atom stereocenters. The summed E-state index contributed by atoms with van der Waals surface area (Å²) in [6.07, 6.45) is 10.2. The summed E-state index contributed by atoms with van der Waals surface area (Å²) in [6.45, 7) is 0.769. The molecule has 4 heteroatoms. The highest BCUT2D eigenvalue weighted by molar-refractivity contribution is 5.82. The SMILES string of the molecule is CNC(CN(C)C1CCCCCC1)(C(=O)OC)C1CC1. The van der Waals surface area contributed by atoms with Crippen molar-refractivity contribution in [3.8, 4) is 0 Å². The fraction of sp³-hybridized carbons (Fsp3) is 0.938. The molecule has 0 radical (unpaired) electrons. The van der Waals surface area contributed by atoms with Crippen molar-refractivity contribution >= 4 is 5.97 Å². The number of nitrogens with one attached hydrogen (secondary N) is 1. The maximum atomic E-state index is 12.3. The van der Waals surface area contributed by atoms with E-state index in [9.17, 15) is 4.79 Å². The van der Waals surface area contributed by atoms with E-state index in [1.54, 1.807) is 0 Å². The largest absolute Gasteiger partial charge is 0.468 e. The molecule has 2 rings (SSSR count). The van der Waals surface area contributed by atoms with Crippen LogP contribution in [0.15, 0.2) is 0 Å². The molecule has 2 saturated carbocycles. The van der Waals surface area contributed by atoms with E-state index in [2.05, 4.69) is 17.3 Å². The van der Waals surface area contributed by atoms with Crippen molar-refractivity contribution in [2.24, 2.45) is 5.92 Å². The lowest BCUT2D eigenvalue weighted by Crippen LogP contribution is -2.60. The number of nitrogens with zero attached hydrogens (tertiary/aromatic N) is 1. The second kappa shape index (κ2) is 6.90. The first-order chi connectivity index (χ1) is 9.64. The third-order valence-electron chi connectivity index (χ3n) is 5.22. The summed E-state index contributed by atoms with van der Waals surface area (Å²) < 4.78 is 5.09. The zero-order valence-electron chi connectivity index (χ0n) is 13.3. The van der Waals surface area contributed by atoms with E-state index >= 15 is 0 Å². The van der Waals surface area contributed by atoms with Crippen molar-refractivity contribution in [1.29, 1.82) is 0 Å². The first-order valence-electron chi connectivity index (χ1n) is 8.11. The predicted molar refractivity (Wildman–Crippen MR) is 80.7 cm³/mol. The number of ether oxygens (including phenoxy) is 1. The quantitative estimate of drug-likeness (QED) is 0.599. The van der Waals surface area contributed by atoms with E-state index in [1.165, 1.54) is 45.6 Å². The Balaban J connectivity index is 2.04. The van der Waals surface area contributed by atoms with Gasteiger partial charge in [0.15, 0.2) is 0 Å². The van der Waals surface area contributed by atoms with Crippen molar-refractivity contribution in [3.63, 3.8) is 0 Å². The number of likely N-dealkylation sites (N-methyl/N-ethyl adjacent to an activating group) is 2. The van der Waals surface area contributed by atoms with Crippen LogP contribution in [0.1, 0.15) is 51.4 Å².